The number of guanidine groups is 1. The van der Waals surface area contributed by atoms with E-state index in [2.05, 4.69) is 57.3 Å². The van der Waals surface area contributed by atoms with E-state index in [0.29, 0.717) is 12.0 Å². The fourth-order valence-corrected chi connectivity index (χ4v) is 4.50. The van der Waals surface area contributed by atoms with Crippen molar-refractivity contribution in [3.8, 4) is 0 Å². The van der Waals surface area contributed by atoms with Crippen LogP contribution in [0.1, 0.15) is 38.5 Å². The van der Waals surface area contributed by atoms with Crippen molar-refractivity contribution in [3.63, 3.8) is 0 Å². The summed E-state index contributed by atoms with van der Waals surface area (Å²) in [4.78, 5) is 12.0. The van der Waals surface area contributed by atoms with Gasteiger partial charge in [-0.25, -0.2) is 0 Å². The molecular formula is C22H40N6O. The molecule has 2 fully saturated rings. The third-order valence-corrected chi connectivity index (χ3v) is 6.39. The highest BCUT2D eigenvalue weighted by molar-refractivity contribution is 5.79. The van der Waals surface area contributed by atoms with Crippen LogP contribution in [-0.4, -0.2) is 93.2 Å². The van der Waals surface area contributed by atoms with Crippen molar-refractivity contribution in [1.82, 2.24) is 25.3 Å². The second kappa shape index (κ2) is 11.0. The molecule has 0 spiro atoms. The predicted octanol–water partition coefficient (Wildman–Crippen LogP) is 1.85. The monoisotopic (exact) mass is 404 g/mol. The molecule has 2 N–H and O–H groups in total. The van der Waals surface area contributed by atoms with Gasteiger partial charge in [0, 0.05) is 52.4 Å². The number of hydrogen-bond donors (Lipinski definition) is 2. The van der Waals surface area contributed by atoms with E-state index in [-0.39, 0.29) is 6.04 Å². The first-order valence-electron chi connectivity index (χ1n) is 11.2. The normalized spacial score (nSPS) is 22.2. The molecule has 3 rings (SSSR count). The first-order valence-corrected chi connectivity index (χ1v) is 11.2. The number of likely N-dealkylation sites (tertiary alicyclic amines) is 1. The van der Waals surface area contributed by atoms with Gasteiger partial charge in [-0.3, -0.25) is 14.8 Å². The molecule has 0 bridgehead atoms. The van der Waals surface area contributed by atoms with Gasteiger partial charge >= 0.3 is 0 Å². The Balaban J connectivity index is 1.53. The van der Waals surface area contributed by atoms with Gasteiger partial charge in [0.05, 0.1) is 12.3 Å². The minimum atomic E-state index is 0.254. The van der Waals surface area contributed by atoms with Gasteiger partial charge in [-0.15, -0.1) is 0 Å². The molecule has 2 unspecified atom stereocenters. The summed E-state index contributed by atoms with van der Waals surface area (Å²) in [5, 5.41) is 7.13. The summed E-state index contributed by atoms with van der Waals surface area (Å²) in [5.41, 5.74) is 0. The SMILES string of the molecule is CN=C(NCC(c1ccco1)N1CCCC1)NCC(C(C)C)N1CCN(C)CC1. The summed E-state index contributed by atoms with van der Waals surface area (Å²) in [5.74, 6) is 2.51. The van der Waals surface area contributed by atoms with Crippen LogP contribution in [0.15, 0.2) is 27.8 Å². The molecule has 0 aromatic carbocycles. The number of rotatable bonds is 8. The molecular weight excluding hydrogens is 364 g/mol. The molecule has 0 aliphatic carbocycles. The minimum absolute atomic E-state index is 0.254. The maximum absolute atomic E-state index is 5.74. The van der Waals surface area contributed by atoms with Crippen LogP contribution in [0.2, 0.25) is 0 Å². The van der Waals surface area contributed by atoms with Crippen LogP contribution in [0.25, 0.3) is 0 Å². The maximum Gasteiger partial charge on any atom is 0.191 e. The number of aliphatic imine (C=N–C) groups is 1. The zero-order valence-electron chi connectivity index (χ0n) is 18.7. The molecule has 2 saturated heterocycles. The van der Waals surface area contributed by atoms with E-state index in [1.807, 2.05) is 13.1 Å². The lowest BCUT2D eigenvalue weighted by atomic mass is 10.0. The summed E-state index contributed by atoms with van der Waals surface area (Å²) in [6.45, 7) is 13.2. The van der Waals surface area contributed by atoms with Crippen molar-refractivity contribution in [2.24, 2.45) is 10.9 Å². The summed E-state index contributed by atoms with van der Waals surface area (Å²) in [6, 6.07) is 4.84. The van der Waals surface area contributed by atoms with E-state index in [4.69, 9.17) is 4.42 Å². The van der Waals surface area contributed by atoms with Crippen LogP contribution in [0, 0.1) is 5.92 Å². The molecule has 0 radical (unpaired) electrons. The van der Waals surface area contributed by atoms with Crippen LogP contribution in [0.5, 0.6) is 0 Å². The van der Waals surface area contributed by atoms with Crippen molar-refractivity contribution in [2.75, 3.05) is 66.5 Å². The second-order valence-electron chi connectivity index (χ2n) is 8.76. The highest BCUT2D eigenvalue weighted by Gasteiger charge is 2.27. The van der Waals surface area contributed by atoms with Crippen LogP contribution in [0.4, 0.5) is 0 Å². The Morgan fingerprint density at radius 1 is 1.03 bits per heavy atom. The van der Waals surface area contributed by atoms with Crippen molar-refractivity contribution in [2.45, 2.75) is 38.8 Å². The Morgan fingerprint density at radius 3 is 2.31 bits per heavy atom. The van der Waals surface area contributed by atoms with Gasteiger partial charge in [0.1, 0.15) is 5.76 Å². The first kappa shape index (κ1) is 22.1. The molecule has 7 heteroatoms. The van der Waals surface area contributed by atoms with Gasteiger partial charge in [0.25, 0.3) is 0 Å². The minimum Gasteiger partial charge on any atom is -0.468 e. The molecule has 0 amide bonds. The smallest absolute Gasteiger partial charge is 0.191 e. The first-order chi connectivity index (χ1) is 14.1. The van der Waals surface area contributed by atoms with Gasteiger partial charge in [0.2, 0.25) is 0 Å². The highest BCUT2D eigenvalue weighted by atomic mass is 16.3. The summed E-state index contributed by atoms with van der Waals surface area (Å²) < 4.78 is 5.74. The van der Waals surface area contributed by atoms with E-state index >= 15 is 0 Å². The van der Waals surface area contributed by atoms with E-state index in [1.165, 1.54) is 12.8 Å². The lowest BCUT2D eigenvalue weighted by Crippen LogP contribution is -2.55. The van der Waals surface area contributed by atoms with Gasteiger partial charge < -0.3 is 20.0 Å². The average molecular weight is 405 g/mol. The van der Waals surface area contributed by atoms with Crippen molar-refractivity contribution < 1.29 is 4.42 Å². The fourth-order valence-electron chi connectivity index (χ4n) is 4.50. The van der Waals surface area contributed by atoms with Crippen LogP contribution in [-0.2, 0) is 0 Å². The molecule has 0 saturated carbocycles. The number of piperazine rings is 1. The van der Waals surface area contributed by atoms with Gasteiger partial charge in [-0.05, 0) is 51.0 Å². The van der Waals surface area contributed by atoms with Gasteiger partial charge in [-0.1, -0.05) is 13.8 Å². The number of hydrogen-bond acceptors (Lipinski definition) is 5. The molecule has 7 nitrogen and oxygen atoms in total. The molecule has 3 heterocycles. The van der Waals surface area contributed by atoms with E-state index in [9.17, 15) is 0 Å². The Morgan fingerprint density at radius 2 is 1.72 bits per heavy atom. The quantitative estimate of drug-likeness (QED) is 0.509. The lowest BCUT2D eigenvalue weighted by Gasteiger charge is -2.40. The molecule has 2 aliphatic heterocycles. The number of likely N-dealkylation sites (N-methyl/N-ethyl adjacent to an activating group) is 1. The third kappa shape index (κ3) is 6.20. The van der Waals surface area contributed by atoms with Crippen LogP contribution >= 0.6 is 0 Å². The summed E-state index contributed by atoms with van der Waals surface area (Å²) >= 11 is 0. The number of nitrogens with zero attached hydrogens (tertiary/aromatic N) is 4. The summed E-state index contributed by atoms with van der Waals surface area (Å²) in [6.07, 6.45) is 4.31. The highest BCUT2D eigenvalue weighted by Crippen LogP contribution is 2.24. The average Bonchev–Trinajstić information content (AvgIpc) is 3.42. The fraction of sp³-hybridized carbons (Fsp3) is 0.773. The largest absolute Gasteiger partial charge is 0.468 e. The Bertz CT molecular complexity index is 603. The molecule has 164 valence electrons. The zero-order valence-corrected chi connectivity index (χ0v) is 18.7. The Labute approximate surface area is 176 Å². The third-order valence-electron chi connectivity index (χ3n) is 6.39. The zero-order chi connectivity index (χ0) is 20.6. The maximum atomic E-state index is 5.74. The van der Waals surface area contributed by atoms with Crippen molar-refractivity contribution in [3.05, 3.63) is 24.2 Å². The van der Waals surface area contributed by atoms with E-state index in [1.54, 1.807) is 6.26 Å². The molecule has 29 heavy (non-hydrogen) atoms. The van der Waals surface area contributed by atoms with E-state index in [0.717, 1.165) is 64.1 Å². The van der Waals surface area contributed by atoms with Crippen molar-refractivity contribution >= 4 is 5.96 Å². The predicted molar refractivity (Wildman–Crippen MR) is 119 cm³/mol. The number of furan rings is 1. The van der Waals surface area contributed by atoms with Gasteiger partial charge in [-0.2, -0.15) is 0 Å². The molecule has 2 atom stereocenters. The lowest BCUT2D eigenvalue weighted by molar-refractivity contribution is 0.0899. The molecule has 1 aromatic heterocycles. The van der Waals surface area contributed by atoms with Crippen LogP contribution < -0.4 is 10.6 Å². The van der Waals surface area contributed by atoms with E-state index < -0.39 is 0 Å². The topological polar surface area (TPSA) is 59.3 Å². The van der Waals surface area contributed by atoms with Crippen molar-refractivity contribution in [1.29, 1.82) is 0 Å². The number of nitrogens with one attached hydrogen (secondary N) is 2. The summed E-state index contributed by atoms with van der Waals surface area (Å²) in [7, 11) is 4.06. The van der Waals surface area contributed by atoms with Gasteiger partial charge in [0.15, 0.2) is 5.96 Å². The second-order valence-corrected chi connectivity index (χ2v) is 8.76. The molecule has 2 aliphatic rings. The van der Waals surface area contributed by atoms with Crippen LogP contribution in [0.3, 0.4) is 0 Å². The Hall–Kier alpha value is -1.57. The Kier molecular flexibility index (Phi) is 8.39. The molecule has 1 aromatic rings. The standard InChI is InChI=1S/C22H40N6O/c1-18(2)19(28-13-11-26(4)12-14-28)16-24-22(23-3)25-17-20(21-8-7-15-29-21)27-9-5-6-10-27/h7-8,15,18-20H,5-6,9-14,16-17H2,1-4H3,(H2,23,24,25).